The van der Waals surface area contributed by atoms with Crippen molar-refractivity contribution in [1.82, 2.24) is 10.6 Å². The maximum atomic E-state index is 12.5. The molecule has 0 aromatic carbocycles. The fourth-order valence-corrected chi connectivity index (χ4v) is 2.09. The van der Waals surface area contributed by atoms with E-state index in [-0.39, 0.29) is 17.7 Å². The first-order valence-corrected chi connectivity index (χ1v) is 7.60. The van der Waals surface area contributed by atoms with Crippen molar-refractivity contribution in [1.29, 1.82) is 0 Å². The van der Waals surface area contributed by atoms with Crippen LogP contribution in [0.3, 0.4) is 0 Å². The predicted molar refractivity (Wildman–Crippen MR) is 86.3 cm³/mol. The Balaban J connectivity index is 2.81. The van der Waals surface area contributed by atoms with Gasteiger partial charge in [0.25, 0.3) is 5.91 Å². The molecule has 6 heteroatoms. The van der Waals surface area contributed by atoms with Gasteiger partial charge in [0.1, 0.15) is 12.1 Å². The lowest BCUT2D eigenvalue weighted by molar-refractivity contribution is -0.146. The maximum absolute atomic E-state index is 12.5. The average molecular weight is 320 g/mol. The largest absolute Gasteiger partial charge is 0.467 e. The Morgan fingerprint density at radius 1 is 1.04 bits per heavy atom. The van der Waals surface area contributed by atoms with Crippen LogP contribution in [0.1, 0.15) is 27.7 Å². The summed E-state index contributed by atoms with van der Waals surface area (Å²) in [4.78, 5) is 36.4. The molecule has 2 atom stereocenters. The van der Waals surface area contributed by atoms with Gasteiger partial charge in [-0.1, -0.05) is 33.8 Å². The number of amides is 2. The molecule has 2 amide bonds. The molecule has 0 saturated carbocycles. The van der Waals surface area contributed by atoms with E-state index in [1.54, 1.807) is 18.2 Å². The molecule has 0 fully saturated rings. The normalized spacial score (nSPS) is 15.3. The minimum absolute atomic E-state index is 0.127. The van der Waals surface area contributed by atoms with Gasteiger partial charge >= 0.3 is 5.97 Å². The zero-order valence-corrected chi connectivity index (χ0v) is 14.2. The van der Waals surface area contributed by atoms with Gasteiger partial charge in [0, 0.05) is 0 Å². The Kier molecular flexibility index (Phi) is 6.79. The summed E-state index contributed by atoms with van der Waals surface area (Å²) in [7, 11) is 1.27. The summed E-state index contributed by atoms with van der Waals surface area (Å²) in [5.41, 5.74) is 3.16. The van der Waals surface area contributed by atoms with Crippen LogP contribution in [0, 0.1) is 11.8 Å². The third-order valence-corrected chi connectivity index (χ3v) is 3.50. The van der Waals surface area contributed by atoms with Crippen molar-refractivity contribution in [3.8, 4) is 0 Å². The first-order chi connectivity index (χ1) is 10.8. The van der Waals surface area contributed by atoms with Gasteiger partial charge in [-0.2, -0.15) is 0 Å². The number of esters is 1. The van der Waals surface area contributed by atoms with Crippen LogP contribution in [0.2, 0.25) is 0 Å². The lowest BCUT2D eigenvalue weighted by atomic mass is 10.00. The van der Waals surface area contributed by atoms with Crippen LogP contribution in [-0.2, 0) is 19.1 Å². The van der Waals surface area contributed by atoms with E-state index in [4.69, 9.17) is 4.74 Å². The Hall–Kier alpha value is -2.33. The molecule has 1 aliphatic carbocycles. The van der Waals surface area contributed by atoms with Crippen LogP contribution in [0.4, 0.5) is 0 Å². The zero-order chi connectivity index (χ0) is 17.6. The molecule has 0 aromatic heterocycles. The van der Waals surface area contributed by atoms with E-state index in [1.807, 2.05) is 27.7 Å². The minimum Gasteiger partial charge on any atom is -0.467 e. The highest BCUT2D eigenvalue weighted by molar-refractivity contribution is 6.00. The van der Waals surface area contributed by atoms with Crippen LogP contribution in [0.5, 0.6) is 0 Å². The zero-order valence-electron chi connectivity index (χ0n) is 14.2. The molecule has 23 heavy (non-hydrogen) atoms. The number of allylic oxidation sites excluding steroid dienone is 1. The van der Waals surface area contributed by atoms with Gasteiger partial charge in [-0.3, -0.25) is 9.59 Å². The Morgan fingerprint density at radius 3 is 2.09 bits per heavy atom. The lowest BCUT2D eigenvalue weighted by Crippen LogP contribution is -2.55. The molecule has 1 rings (SSSR count). The molecule has 0 aromatic rings. The lowest BCUT2D eigenvalue weighted by Gasteiger charge is -2.26. The minimum atomic E-state index is -0.754. The van der Waals surface area contributed by atoms with Gasteiger partial charge in [0.05, 0.1) is 12.7 Å². The Bertz CT molecular complexity index is 569. The topological polar surface area (TPSA) is 84.5 Å². The van der Waals surface area contributed by atoms with E-state index < -0.39 is 24.0 Å². The highest BCUT2D eigenvalue weighted by Crippen LogP contribution is 2.09. The molecule has 0 radical (unpaired) electrons. The van der Waals surface area contributed by atoms with E-state index >= 15 is 0 Å². The summed E-state index contributed by atoms with van der Waals surface area (Å²) in [6.07, 6.45) is 4.95. The second kappa shape index (κ2) is 8.34. The number of methoxy groups -OCH3 is 1. The second-order valence-corrected chi connectivity index (χ2v) is 6.03. The van der Waals surface area contributed by atoms with Gasteiger partial charge in [-0.25, -0.2) is 4.79 Å². The van der Waals surface area contributed by atoms with E-state index in [2.05, 4.69) is 16.4 Å². The fourth-order valence-electron chi connectivity index (χ4n) is 2.09. The molecule has 0 unspecified atom stereocenters. The molecule has 0 saturated heterocycles. The first kappa shape index (κ1) is 18.7. The third kappa shape index (κ3) is 5.11. The smallest absolute Gasteiger partial charge is 0.328 e. The van der Waals surface area contributed by atoms with Crippen molar-refractivity contribution in [2.75, 3.05) is 7.11 Å². The highest BCUT2D eigenvalue weighted by atomic mass is 16.5. The number of hydrogen-bond donors (Lipinski definition) is 2. The highest BCUT2D eigenvalue weighted by Gasteiger charge is 2.31. The van der Waals surface area contributed by atoms with Gasteiger partial charge in [0.15, 0.2) is 0 Å². The maximum Gasteiger partial charge on any atom is 0.328 e. The Labute approximate surface area is 136 Å². The van der Waals surface area contributed by atoms with Crippen molar-refractivity contribution in [3.63, 3.8) is 0 Å². The summed E-state index contributed by atoms with van der Waals surface area (Å²) >= 11 is 0. The summed E-state index contributed by atoms with van der Waals surface area (Å²) in [5.74, 6) is -1.56. The van der Waals surface area contributed by atoms with E-state index in [0.717, 1.165) is 0 Å². The van der Waals surface area contributed by atoms with Crippen LogP contribution < -0.4 is 10.6 Å². The second-order valence-electron chi connectivity index (χ2n) is 6.03. The van der Waals surface area contributed by atoms with Gasteiger partial charge < -0.3 is 15.4 Å². The predicted octanol–water partition coefficient (Wildman–Crippen LogP) is 1.09. The van der Waals surface area contributed by atoms with Gasteiger partial charge in [-0.05, 0) is 24.0 Å². The number of carbonyl (C=O) groups is 3. The van der Waals surface area contributed by atoms with Gasteiger partial charge in [-0.15, -0.1) is 5.73 Å². The monoisotopic (exact) mass is 320 g/mol. The number of ether oxygens (including phenoxy) is 1. The molecule has 0 aliphatic heterocycles. The van der Waals surface area contributed by atoms with Crippen molar-refractivity contribution < 1.29 is 19.1 Å². The fraction of sp³-hybridized carbons (Fsp3) is 0.529. The molecule has 0 spiro atoms. The molecule has 126 valence electrons. The third-order valence-electron chi connectivity index (χ3n) is 3.50. The average Bonchev–Trinajstić information content (AvgIpc) is 3.02. The summed E-state index contributed by atoms with van der Waals surface area (Å²) in [5, 5.41) is 5.35. The summed E-state index contributed by atoms with van der Waals surface area (Å²) < 4.78 is 4.71. The van der Waals surface area contributed by atoms with Crippen LogP contribution in [0.15, 0.2) is 29.5 Å². The van der Waals surface area contributed by atoms with Crippen molar-refractivity contribution in [2.24, 2.45) is 11.8 Å². The van der Waals surface area contributed by atoms with Crippen LogP contribution >= 0.6 is 0 Å². The van der Waals surface area contributed by atoms with Gasteiger partial charge in [0.2, 0.25) is 5.91 Å². The molecule has 0 heterocycles. The van der Waals surface area contributed by atoms with Crippen LogP contribution in [0.25, 0.3) is 0 Å². The molecular weight excluding hydrogens is 296 g/mol. The first-order valence-electron chi connectivity index (χ1n) is 7.60. The summed E-state index contributed by atoms with van der Waals surface area (Å²) in [6.45, 7) is 7.26. The molecular formula is C17H24N2O4. The quantitative estimate of drug-likeness (QED) is 0.543. The standard InChI is InChI=1S/C17H24N2O4/c1-10(2)13(18-15(20)12-8-6-7-9-12)16(21)19-14(11(3)4)17(22)23-5/h6-8,10-11,13-14H,1-5H3,(H,18,20)(H,19,21)/t13-,14-/m0/s1. The van der Waals surface area contributed by atoms with E-state index in [9.17, 15) is 14.4 Å². The number of rotatable bonds is 7. The van der Waals surface area contributed by atoms with E-state index in [1.165, 1.54) is 7.11 Å². The number of hydrogen-bond acceptors (Lipinski definition) is 4. The van der Waals surface area contributed by atoms with E-state index in [0.29, 0.717) is 5.57 Å². The van der Waals surface area contributed by atoms with Crippen molar-refractivity contribution >= 4 is 17.8 Å². The molecule has 1 aliphatic rings. The Morgan fingerprint density at radius 2 is 1.65 bits per heavy atom. The number of carbonyl (C=O) groups excluding carboxylic acids is 3. The summed E-state index contributed by atoms with van der Waals surface area (Å²) in [6, 6.07) is -1.51. The van der Waals surface area contributed by atoms with Crippen LogP contribution in [-0.4, -0.2) is 37.0 Å². The van der Waals surface area contributed by atoms with Crippen molar-refractivity contribution in [2.45, 2.75) is 39.8 Å². The molecule has 2 N–H and O–H groups in total. The number of nitrogens with one attached hydrogen (secondary N) is 2. The molecule has 6 nitrogen and oxygen atoms in total. The SMILES string of the molecule is COC(=O)[C@@H](NC(=O)[C@@H](NC(=O)C1=C=CC=C1)C(C)C)C(C)C. The van der Waals surface area contributed by atoms with Crippen molar-refractivity contribution in [3.05, 3.63) is 29.5 Å². The molecule has 0 bridgehead atoms.